The summed E-state index contributed by atoms with van der Waals surface area (Å²) in [5.74, 6) is 0.828. The molecule has 0 radical (unpaired) electrons. The van der Waals surface area contributed by atoms with E-state index in [9.17, 15) is 9.90 Å². The van der Waals surface area contributed by atoms with E-state index in [2.05, 4.69) is 22.3 Å². The first-order valence-corrected chi connectivity index (χ1v) is 8.19. The maximum absolute atomic E-state index is 11.9. The van der Waals surface area contributed by atoms with E-state index >= 15 is 0 Å². The minimum atomic E-state index is -0.542. The minimum Gasteiger partial charge on any atom is -0.444 e. The number of nitrogens with zero attached hydrogens (tertiary/aromatic N) is 3. The fourth-order valence-electron chi connectivity index (χ4n) is 2.27. The van der Waals surface area contributed by atoms with Crippen molar-refractivity contribution in [1.82, 2.24) is 20.1 Å². The summed E-state index contributed by atoms with van der Waals surface area (Å²) in [7, 11) is 0. The predicted octanol–water partition coefficient (Wildman–Crippen LogP) is 2.14. The normalized spacial score (nSPS) is 14.3. The zero-order valence-electron chi connectivity index (χ0n) is 14.9. The molecule has 0 fully saturated rings. The maximum atomic E-state index is 11.9. The van der Waals surface area contributed by atoms with Gasteiger partial charge in [0, 0.05) is 24.9 Å². The summed E-state index contributed by atoms with van der Waals surface area (Å²) >= 11 is 0. The van der Waals surface area contributed by atoms with Gasteiger partial charge in [0.15, 0.2) is 0 Å². The van der Waals surface area contributed by atoms with Gasteiger partial charge in [-0.3, -0.25) is 4.68 Å². The van der Waals surface area contributed by atoms with Gasteiger partial charge in [0.05, 0.1) is 6.61 Å². The van der Waals surface area contributed by atoms with Crippen molar-refractivity contribution in [2.24, 2.45) is 5.41 Å². The first-order valence-electron chi connectivity index (χ1n) is 8.19. The first-order chi connectivity index (χ1) is 10.7. The lowest BCUT2D eigenvalue weighted by Gasteiger charge is -2.31. The Morgan fingerprint density at radius 2 is 2.09 bits per heavy atom. The van der Waals surface area contributed by atoms with Crippen molar-refractivity contribution in [3.63, 3.8) is 0 Å². The highest BCUT2D eigenvalue weighted by Gasteiger charge is 2.31. The monoisotopic (exact) mass is 326 g/mol. The average Bonchev–Trinajstić information content (AvgIpc) is 2.89. The van der Waals surface area contributed by atoms with Crippen molar-refractivity contribution in [2.45, 2.75) is 66.0 Å². The number of carbonyl (C=O) groups excluding carboxylic acids is 1. The van der Waals surface area contributed by atoms with E-state index in [-0.39, 0.29) is 6.61 Å². The van der Waals surface area contributed by atoms with Crippen LogP contribution in [0.25, 0.3) is 0 Å². The van der Waals surface area contributed by atoms with Crippen LogP contribution in [-0.4, -0.2) is 44.7 Å². The van der Waals surface area contributed by atoms with Gasteiger partial charge in [-0.05, 0) is 33.6 Å². The van der Waals surface area contributed by atoms with Crippen LogP contribution in [0.1, 0.15) is 53.3 Å². The van der Waals surface area contributed by atoms with E-state index in [1.807, 2.05) is 32.4 Å². The Hall–Kier alpha value is -1.63. The second-order valence-corrected chi connectivity index (χ2v) is 6.94. The highest BCUT2D eigenvalue weighted by molar-refractivity contribution is 5.67. The molecule has 0 spiro atoms. The van der Waals surface area contributed by atoms with Crippen molar-refractivity contribution >= 4 is 6.09 Å². The molecular formula is C16H30N4O3. The lowest BCUT2D eigenvalue weighted by atomic mass is 9.82. The lowest BCUT2D eigenvalue weighted by molar-refractivity contribution is 0.0458. The van der Waals surface area contributed by atoms with Crippen LogP contribution in [0.3, 0.4) is 0 Å². The summed E-state index contributed by atoms with van der Waals surface area (Å²) < 4.78 is 7.11. The molecule has 7 nitrogen and oxygen atoms in total. The zero-order chi connectivity index (χ0) is 17.5. The molecule has 1 unspecified atom stereocenters. The number of aryl methyl sites for hydroxylation is 1. The molecule has 23 heavy (non-hydrogen) atoms. The molecule has 0 saturated carbocycles. The molecule has 7 heteroatoms. The van der Waals surface area contributed by atoms with E-state index < -0.39 is 17.1 Å². The van der Waals surface area contributed by atoms with Gasteiger partial charge >= 0.3 is 6.09 Å². The standard InChI is InChI=1S/C16H30N4O3/c1-6-8-20-13(18-12-19-20)9-16(7-2,11-21)10-17-14(22)23-15(3,4)5/h12,21H,6-11H2,1-5H3,(H,17,22). The summed E-state index contributed by atoms with van der Waals surface area (Å²) in [5.41, 5.74) is -1.02. The number of aliphatic hydroxyl groups is 1. The number of amides is 1. The molecular weight excluding hydrogens is 296 g/mol. The summed E-state index contributed by atoms with van der Waals surface area (Å²) in [5, 5.41) is 16.9. The van der Waals surface area contributed by atoms with Crippen molar-refractivity contribution in [1.29, 1.82) is 0 Å². The first kappa shape index (κ1) is 19.4. The van der Waals surface area contributed by atoms with Crippen LogP contribution < -0.4 is 5.32 Å². The number of aliphatic hydroxyl groups excluding tert-OH is 1. The van der Waals surface area contributed by atoms with Crippen LogP contribution in [0.4, 0.5) is 4.79 Å². The maximum Gasteiger partial charge on any atom is 0.407 e. The zero-order valence-corrected chi connectivity index (χ0v) is 14.9. The summed E-state index contributed by atoms with van der Waals surface area (Å²) in [6.07, 6.45) is 3.28. The van der Waals surface area contributed by atoms with Gasteiger partial charge in [0.25, 0.3) is 0 Å². The number of alkyl carbamates (subject to hydrolysis) is 1. The Morgan fingerprint density at radius 3 is 2.61 bits per heavy atom. The molecule has 1 heterocycles. The van der Waals surface area contributed by atoms with E-state index in [1.54, 1.807) is 0 Å². The second kappa shape index (κ2) is 8.29. The summed E-state index contributed by atoms with van der Waals surface area (Å²) in [6, 6.07) is 0. The van der Waals surface area contributed by atoms with Crippen molar-refractivity contribution < 1.29 is 14.6 Å². The smallest absolute Gasteiger partial charge is 0.407 e. The molecule has 1 amide bonds. The van der Waals surface area contributed by atoms with Crippen molar-refractivity contribution in [2.75, 3.05) is 13.2 Å². The van der Waals surface area contributed by atoms with Crippen LogP contribution in [0, 0.1) is 5.41 Å². The second-order valence-electron chi connectivity index (χ2n) is 6.94. The van der Waals surface area contributed by atoms with Gasteiger partial charge < -0.3 is 15.2 Å². The fourth-order valence-corrected chi connectivity index (χ4v) is 2.27. The molecule has 132 valence electrons. The highest BCUT2D eigenvalue weighted by atomic mass is 16.6. The summed E-state index contributed by atoms with van der Waals surface area (Å²) in [4.78, 5) is 16.2. The molecule has 0 aliphatic rings. The summed E-state index contributed by atoms with van der Waals surface area (Å²) in [6.45, 7) is 10.6. The number of rotatable bonds is 8. The molecule has 1 aromatic rings. The van der Waals surface area contributed by atoms with Gasteiger partial charge in [-0.25, -0.2) is 9.78 Å². The number of ether oxygens (including phenoxy) is 1. The third-order valence-electron chi connectivity index (χ3n) is 3.76. The Kier molecular flexibility index (Phi) is 7.00. The number of aromatic nitrogens is 3. The molecule has 1 atom stereocenters. The molecule has 1 aromatic heterocycles. The minimum absolute atomic E-state index is 0.0434. The lowest BCUT2D eigenvalue weighted by Crippen LogP contribution is -2.43. The van der Waals surface area contributed by atoms with Crippen LogP contribution in [0.5, 0.6) is 0 Å². The molecule has 1 rings (SSSR count). The Balaban J connectivity index is 2.74. The number of hydrogen-bond donors (Lipinski definition) is 2. The van der Waals surface area contributed by atoms with E-state index in [1.165, 1.54) is 6.33 Å². The predicted molar refractivity (Wildman–Crippen MR) is 88.1 cm³/mol. The molecule has 0 aliphatic carbocycles. The average molecular weight is 326 g/mol. The van der Waals surface area contributed by atoms with Gasteiger partial charge in [-0.2, -0.15) is 5.10 Å². The van der Waals surface area contributed by atoms with Crippen LogP contribution >= 0.6 is 0 Å². The van der Waals surface area contributed by atoms with Gasteiger partial charge in [0.1, 0.15) is 17.8 Å². The number of nitrogens with one attached hydrogen (secondary N) is 1. The largest absolute Gasteiger partial charge is 0.444 e. The third kappa shape index (κ3) is 6.17. The number of carbonyl (C=O) groups is 1. The molecule has 2 N–H and O–H groups in total. The number of hydrogen-bond acceptors (Lipinski definition) is 5. The molecule has 0 saturated heterocycles. The third-order valence-corrected chi connectivity index (χ3v) is 3.76. The van der Waals surface area contributed by atoms with Gasteiger partial charge in [-0.1, -0.05) is 13.8 Å². The van der Waals surface area contributed by atoms with Crippen molar-refractivity contribution in [3.05, 3.63) is 12.2 Å². The van der Waals surface area contributed by atoms with Crippen LogP contribution in [-0.2, 0) is 17.7 Å². The Morgan fingerprint density at radius 1 is 1.39 bits per heavy atom. The SMILES string of the molecule is CCCn1ncnc1CC(CC)(CO)CNC(=O)OC(C)(C)C. The van der Waals surface area contributed by atoms with Crippen LogP contribution in [0.15, 0.2) is 6.33 Å². The van der Waals surface area contributed by atoms with E-state index in [0.717, 1.165) is 18.8 Å². The Labute approximate surface area is 138 Å². The molecule has 0 bridgehead atoms. The quantitative estimate of drug-likeness (QED) is 0.764. The topological polar surface area (TPSA) is 89.3 Å². The van der Waals surface area contributed by atoms with E-state index in [4.69, 9.17) is 4.74 Å². The van der Waals surface area contributed by atoms with Gasteiger partial charge in [-0.15, -0.1) is 0 Å². The van der Waals surface area contributed by atoms with Crippen LogP contribution in [0.2, 0.25) is 0 Å². The van der Waals surface area contributed by atoms with Crippen molar-refractivity contribution in [3.8, 4) is 0 Å². The molecule has 0 aliphatic heterocycles. The Bertz CT molecular complexity index is 490. The highest BCUT2D eigenvalue weighted by Crippen LogP contribution is 2.25. The van der Waals surface area contributed by atoms with Gasteiger partial charge in [0.2, 0.25) is 0 Å². The fraction of sp³-hybridized carbons (Fsp3) is 0.812. The van der Waals surface area contributed by atoms with E-state index in [0.29, 0.717) is 19.4 Å². The molecule has 0 aromatic carbocycles.